The molecule has 2 aromatic rings. The number of hydrogen-bond donors (Lipinski definition) is 3. The summed E-state index contributed by atoms with van der Waals surface area (Å²) in [5.74, 6) is -0.0449. The van der Waals surface area contributed by atoms with Crippen LogP contribution in [0.1, 0.15) is 55.5 Å². The Kier molecular flexibility index (Phi) is 7.56. The number of rotatable bonds is 9. The van der Waals surface area contributed by atoms with Gasteiger partial charge in [-0.2, -0.15) is 0 Å². The Morgan fingerprint density at radius 3 is 2.66 bits per heavy atom. The van der Waals surface area contributed by atoms with E-state index in [0.29, 0.717) is 24.8 Å². The number of likely N-dealkylation sites (tertiary alicyclic amines) is 1. The predicted octanol–water partition coefficient (Wildman–Crippen LogP) is 4.46. The summed E-state index contributed by atoms with van der Waals surface area (Å²) >= 11 is 0. The van der Waals surface area contributed by atoms with Gasteiger partial charge >= 0.3 is 5.97 Å². The molecule has 0 amide bonds. The first-order chi connectivity index (χ1) is 16.7. The summed E-state index contributed by atoms with van der Waals surface area (Å²) < 4.78 is 35.1. The first kappa shape index (κ1) is 25.3. The highest BCUT2D eigenvalue weighted by Crippen LogP contribution is 2.42. The van der Waals surface area contributed by atoms with Crippen molar-refractivity contribution >= 4 is 27.4 Å². The molecular formula is C26H35N3O5S. The summed E-state index contributed by atoms with van der Waals surface area (Å²) in [7, 11) is -4.05. The standard InChI is InChI=1S/C26H35N3O5S/c1-4-29-14-12-19(15-29)11-13-27-21-7-5-6-8-23(21)35(32,33)28-22-10-9-20-18(3)17(2)16-34-25(20)24(22)26(30)31/h5-10,17-19,27-28H,4,11-16H2,1-3H3,(H,30,31)/t17?,18?,19-/m0/s1. The van der Waals surface area contributed by atoms with Crippen LogP contribution in [0.4, 0.5) is 11.4 Å². The molecule has 2 aliphatic heterocycles. The van der Waals surface area contributed by atoms with Crippen molar-refractivity contribution in [3.8, 4) is 5.75 Å². The van der Waals surface area contributed by atoms with E-state index >= 15 is 0 Å². The summed E-state index contributed by atoms with van der Waals surface area (Å²) in [5.41, 5.74) is 1.12. The SMILES string of the molecule is CCN1CC[C@H](CCNc2ccccc2S(=O)(=O)Nc2ccc3c(c2C(=O)O)OCC(C)C3C)C1. The fourth-order valence-corrected chi connectivity index (χ4v) is 6.23. The zero-order valence-corrected chi connectivity index (χ0v) is 21.4. The van der Waals surface area contributed by atoms with Crippen LogP contribution >= 0.6 is 0 Å². The molecule has 3 N–H and O–H groups in total. The van der Waals surface area contributed by atoms with E-state index in [2.05, 4.69) is 21.9 Å². The maximum Gasteiger partial charge on any atom is 0.341 e. The number of fused-ring (bicyclic) bond motifs is 1. The first-order valence-corrected chi connectivity index (χ1v) is 13.8. The second kappa shape index (κ2) is 10.5. The third-order valence-electron chi connectivity index (χ3n) is 7.34. The molecule has 2 aromatic carbocycles. The van der Waals surface area contributed by atoms with Crippen LogP contribution in [0.5, 0.6) is 5.75 Å². The van der Waals surface area contributed by atoms with Gasteiger partial charge in [0.1, 0.15) is 16.2 Å². The van der Waals surface area contributed by atoms with Crippen molar-refractivity contribution in [2.24, 2.45) is 11.8 Å². The van der Waals surface area contributed by atoms with Gasteiger partial charge in [0.15, 0.2) is 0 Å². The lowest BCUT2D eigenvalue weighted by Crippen LogP contribution is -2.25. The van der Waals surface area contributed by atoms with Crippen LogP contribution in [-0.4, -0.2) is 57.2 Å². The molecule has 0 aromatic heterocycles. The fraction of sp³-hybridized carbons (Fsp3) is 0.500. The second-order valence-corrected chi connectivity index (χ2v) is 11.3. The van der Waals surface area contributed by atoms with E-state index in [1.807, 2.05) is 13.8 Å². The Balaban J connectivity index is 1.55. The summed E-state index contributed by atoms with van der Waals surface area (Å²) in [5, 5.41) is 13.2. The van der Waals surface area contributed by atoms with Crippen LogP contribution in [0.25, 0.3) is 0 Å². The molecule has 1 saturated heterocycles. The zero-order valence-electron chi connectivity index (χ0n) is 20.6. The molecule has 1 fully saturated rings. The Morgan fingerprint density at radius 1 is 1.17 bits per heavy atom. The quantitative estimate of drug-likeness (QED) is 0.465. The average Bonchev–Trinajstić information content (AvgIpc) is 3.29. The van der Waals surface area contributed by atoms with Gasteiger partial charge in [0.25, 0.3) is 10.0 Å². The lowest BCUT2D eigenvalue weighted by atomic mass is 9.85. The van der Waals surface area contributed by atoms with Crippen molar-refractivity contribution in [1.82, 2.24) is 4.90 Å². The summed E-state index contributed by atoms with van der Waals surface area (Å²) in [6.07, 6.45) is 2.12. The highest BCUT2D eigenvalue weighted by Gasteiger charge is 2.32. The normalized spacial score (nSPS) is 22.3. The van der Waals surface area contributed by atoms with E-state index in [9.17, 15) is 18.3 Å². The molecule has 0 aliphatic carbocycles. The summed E-state index contributed by atoms with van der Waals surface area (Å²) in [6.45, 7) is 10.5. The Labute approximate surface area is 207 Å². The molecule has 190 valence electrons. The average molecular weight is 502 g/mol. The third kappa shape index (κ3) is 5.41. The lowest BCUT2D eigenvalue weighted by Gasteiger charge is -2.30. The van der Waals surface area contributed by atoms with Gasteiger partial charge in [0.05, 0.1) is 18.0 Å². The zero-order chi connectivity index (χ0) is 25.2. The number of aromatic carboxylic acids is 1. The van der Waals surface area contributed by atoms with Crippen LogP contribution in [-0.2, 0) is 10.0 Å². The molecule has 2 heterocycles. The van der Waals surface area contributed by atoms with Gasteiger partial charge in [-0.1, -0.05) is 39.0 Å². The van der Waals surface area contributed by atoms with Crippen molar-refractivity contribution in [2.45, 2.75) is 44.4 Å². The van der Waals surface area contributed by atoms with Crippen molar-refractivity contribution in [3.05, 3.63) is 47.5 Å². The number of carbonyl (C=O) groups is 1. The molecule has 0 saturated carbocycles. The number of carboxylic acids is 1. The molecule has 2 aliphatic rings. The molecule has 8 nitrogen and oxygen atoms in total. The summed E-state index contributed by atoms with van der Waals surface area (Å²) in [6, 6.07) is 9.98. The van der Waals surface area contributed by atoms with Crippen molar-refractivity contribution in [3.63, 3.8) is 0 Å². The van der Waals surface area contributed by atoms with Crippen molar-refractivity contribution < 1.29 is 23.1 Å². The third-order valence-corrected chi connectivity index (χ3v) is 8.77. The van der Waals surface area contributed by atoms with Crippen LogP contribution in [0.2, 0.25) is 0 Å². The van der Waals surface area contributed by atoms with Gasteiger partial charge in [0.2, 0.25) is 0 Å². The van der Waals surface area contributed by atoms with E-state index in [0.717, 1.165) is 38.0 Å². The Morgan fingerprint density at radius 2 is 1.94 bits per heavy atom. The van der Waals surface area contributed by atoms with Gasteiger partial charge < -0.3 is 20.1 Å². The van der Waals surface area contributed by atoms with E-state index in [1.54, 1.807) is 24.3 Å². The fourth-order valence-electron chi connectivity index (χ4n) is 4.97. The highest BCUT2D eigenvalue weighted by molar-refractivity contribution is 7.92. The maximum absolute atomic E-state index is 13.4. The smallest absolute Gasteiger partial charge is 0.341 e. The van der Waals surface area contributed by atoms with Gasteiger partial charge in [-0.15, -0.1) is 0 Å². The predicted molar refractivity (Wildman–Crippen MR) is 137 cm³/mol. The minimum atomic E-state index is -4.05. The molecule has 0 radical (unpaired) electrons. The maximum atomic E-state index is 13.4. The van der Waals surface area contributed by atoms with Gasteiger partial charge in [-0.3, -0.25) is 4.72 Å². The van der Waals surface area contributed by atoms with Gasteiger partial charge in [-0.25, -0.2) is 13.2 Å². The van der Waals surface area contributed by atoms with Crippen LogP contribution in [0.3, 0.4) is 0 Å². The van der Waals surface area contributed by atoms with Crippen molar-refractivity contribution in [1.29, 1.82) is 0 Å². The number of ether oxygens (including phenoxy) is 1. The Hall–Kier alpha value is -2.78. The van der Waals surface area contributed by atoms with Gasteiger partial charge in [0, 0.05) is 13.1 Å². The first-order valence-electron chi connectivity index (χ1n) is 12.3. The molecule has 0 spiro atoms. The summed E-state index contributed by atoms with van der Waals surface area (Å²) in [4.78, 5) is 14.7. The number of nitrogens with zero attached hydrogens (tertiary/aromatic N) is 1. The molecule has 9 heteroatoms. The van der Waals surface area contributed by atoms with Crippen LogP contribution in [0, 0.1) is 11.8 Å². The minimum absolute atomic E-state index is 0.00146. The van der Waals surface area contributed by atoms with E-state index in [-0.39, 0.29) is 33.7 Å². The largest absolute Gasteiger partial charge is 0.492 e. The topological polar surface area (TPSA) is 108 Å². The van der Waals surface area contributed by atoms with E-state index in [4.69, 9.17) is 4.74 Å². The molecule has 3 atom stereocenters. The number of hydrogen-bond acceptors (Lipinski definition) is 6. The number of sulfonamides is 1. The number of para-hydroxylation sites is 1. The molecule has 0 bridgehead atoms. The van der Waals surface area contributed by atoms with Gasteiger partial charge in [-0.05, 0) is 67.4 Å². The number of nitrogens with one attached hydrogen (secondary N) is 2. The number of anilines is 2. The van der Waals surface area contributed by atoms with Crippen LogP contribution in [0.15, 0.2) is 41.3 Å². The van der Waals surface area contributed by atoms with E-state index in [1.165, 1.54) is 12.1 Å². The van der Waals surface area contributed by atoms with Crippen LogP contribution < -0.4 is 14.8 Å². The molecule has 4 rings (SSSR count). The van der Waals surface area contributed by atoms with E-state index < -0.39 is 16.0 Å². The van der Waals surface area contributed by atoms with Crippen molar-refractivity contribution in [2.75, 3.05) is 42.8 Å². The highest BCUT2D eigenvalue weighted by atomic mass is 32.2. The molecular weight excluding hydrogens is 466 g/mol. The molecule has 2 unspecified atom stereocenters. The number of carboxylic acid groups (broad SMARTS) is 1. The number of benzene rings is 2. The monoisotopic (exact) mass is 501 g/mol. The Bertz CT molecular complexity index is 1180. The second-order valence-electron chi connectivity index (χ2n) is 9.65. The lowest BCUT2D eigenvalue weighted by molar-refractivity contribution is 0.0690. The molecule has 35 heavy (non-hydrogen) atoms. The minimum Gasteiger partial charge on any atom is -0.492 e.